The lowest BCUT2D eigenvalue weighted by Crippen LogP contribution is -2.36. The molecule has 1 fully saturated rings. The normalized spacial score (nSPS) is 15.0. The Balaban J connectivity index is 1.17. The molecule has 8 nitrogen and oxygen atoms in total. The number of fused-ring (bicyclic) bond motifs is 1. The number of anilines is 1. The van der Waals surface area contributed by atoms with Crippen LogP contribution < -0.4 is 9.64 Å². The summed E-state index contributed by atoms with van der Waals surface area (Å²) in [5.41, 5.74) is 2.71. The fraction of sp³-hybridized carbons (Fsp3) is 0.333. The second-order valence-corrected chi connectivity index (χ2v) is 9.06. The Hall–Kier alpha value is -4.01. The van der Waals surface area contributed by atoms with Gasteiger partial charge < -0.3 is 19.3 Å². The van der Waals surface area contributed by atoms with Crippen molar-refractivity contribution in [3.8, 4) is 17.2 Å². The molecule has 0 spiro atoms. The van der Waals surface area contributed by atoms with E-state index in [0.29, 0.717) is 39.8 Å². The zero-order chi connectivity index (χ0) is 25.1. The molecule has 5 rings (SSSR count). The van der Waals surface area contributed by atoms with Gasteiger partial charge in [-0.25, -0.2) is 24.1 Å². The van der Waals surface area contributed by atoms with E-state index in [-0.39, 0.29) is 5.58 Å². The third-order valence-corrected chi connectivity index (χ3v) is 6.38. The number of rotatable bonds is 7. The minimum absolute atomic E-state index is 0.0640. The molecule has 0 N–H and O–H groups in total. The standard InChI is InChI=1S/C27H28FN5O3/c1-3-18-14-29-27(30-15-18)33-10-8-19(9-11-33)17-35-22-6-4-21(5-7-22)26-31-24-13-20(16-32(2)34)12-23(28)25(24)36-26/h4-7,12-16,19H,3,8-11,17H2,1-2H3/b32-16-. The predicted octanol–water partition coefficient (Wildman–Crippen LogP) is 4.84. The van der Waals surface area contributed by atoms with Crippen LogP contribution >= 0.6 is 0 Å². The molecule has 1 aliphatic heterocycles. The number of ether oxygens (including phenoxy) is 1. The molecule has 0 radical (unpaired) electrons. The number of aromatic nitrogens is 3. The smallest absolute Gasteiger partial charge is 0.227 e. The van der Waals surface area contributed by atoms with E-state index in [4.69, 9.17) is 9.15 Å². The molecule has 0 bridgehead atoms. The number of oxazole rings is 1. The molecule has 186 valence electrons. The third-order valence-electron chi connectivity index (χ3n) is 6.38. The van der Waals surface area contributed by atoms with Crippen molar-refractivity contribution in [2.24, 2.45) is 5.92 Å². The van der Waals surface area contributed by atoms with Gasteiger partial charge in [0.25, 0.3) is 0 Å². The summed E-state index contributed by atoms with van der Waals surface area (Å²) in [7, 11) is 1.34. The second-order valence-electron chi connectivity index (χ2n) is 9.06. The summed E-state index contributed by atoms with van der Waals surface area (Å²) in [6.07, 6.45) is 8.07. The van der Waals surface area contributed by atoms with Gasteiger partial charge in [-0.1, -0.05) is 6.92 Å². The monoisotopic (exact) mass is 489 g/mol. The molecule has 1 saturated heterocycles. The van der Waals surface area contributed by atoms with Crippen molar-refractivity contribution >= 4 is 23.3 Å². The maximum absolute atomic E-state index is 14.4. The number of hydrogen-bond donors (Lipinski definition) is 0. The van der Waals surface area contributed by atoms with Gasteiger partial charge in [0.2, 0.25) is 11.8 Å². The summed E-state index contributed by atoms with van der Waals surface area (Å²) >= 11 is 0. The van der Waals surface area contributed by atoms with Crippen molar-refractivity contribution in [2.45, 2.75) is 26.2 Å². The molecular weight excluding hydrogens is 461 g/mol. The highest BCUT2D eigenvalue weighted by Gasteiger charge is 2.21. The molecule has 2 aromatic carbocycles. The van der Waals surface area contributed by atoms with Gasteiger partial charge in [0.05, 0.1) is 6.61 Å². The molecule has 0 aliphatic carbocycles. The van der Waals surface area contributed by atoms with Gasteiger partial charge in [-0.3, -0.25) is 0 Å². The van der Waals surface area contributed by atoms with Gasteiger partial charge in [0, 0.05) is 36.6 Å². The second kappa shape index (κ2) is 10.3. The molecule has 0 unspecified atom stereocenters. The van der Waals surface area contributed by atoms with Crippen LogP contribution in [0.4, 0.5) is 10.3 Å². The molecular formula is C27H28FN5O3. The van der Waals surface area contributed by atoms with Crippen molar-refractivity contribution in [2.75, 3.05) is 31.6 Å². The van der Waals surface area contributed by atoms with E-state index >= 15 is 0 Å². The van der Waals surface area contributed by atoms with Crippen molar-refractivity contribution in [3.05, 3.63) is 70.9 Å². The van der Waals surface area contributed by atoms with E-state index in [1.54, 1.807) is 6.07 Å². The van der Waals surface area contributed by atoms with Crippen LogP contribution in [0.5, 0.6) is 5.75 Å². The van der Waals surface area contributed by atoms with Crippen molar-refractivity contribution in [3.63, 3.8) is 0 Å². The SMILES string of the molecule is CCc1cnc(N2CCC(COc3ccc(-c4nc5cc(/C=[N+](/C)[O-])cc(F)c5o4)cc3)CC2)nc1. The van der Waals surface area contributed by atoms with Gasteiger partial charge in [-0.05, 0) is 67.1 Å². The number of hydrogen-bond acceptors (Lipinski definition) is 7. The minimum Gasteiger partial charge on any atom is -0.624 e. The van der Waals surface area contributed by atoms with Crippen LogP contribution in [0.3, 0.4) is 0 Å². The van der Waals surface area contributed by atoms with Crippen LogP contribution in [0, 0.1) is 16.9 Å². The molecule has 9 heteroatoms. The lowest BCUT2D eigenvalue weighted by atomic mass is 9.98. The predicted molar refractivity (Wildman–Crippen MR) is 136 cm³/mol. The van der Waals surface area contributed by atoms with Crippen molar-refractivity contribution in [1.82, 2.24) is 15.0 Å². The number of halogens is 1. The van der Waals surface area contributed by atoms with Crippen LogP contribution in [-0.4, -0.2) is 52.6 Å². The maximum atomic E-state index is 14.4. The van der Waals surface area contributed by atoms with Crippen LogP contribution in [0.15, 0.2) is 53.2 Å². The molecule has 0 amide bonds. The number of piperidine rings is 1. The average Bonchev–Trinajstić information content (AvgIpc) is 3.33. The van der Waals surface area contributed by atoms with E-state index in [0.717, 1.165) is 49.6 Å². The van der Waals surface area contributed by atoms with Crippen molar-refractivity contribution in [1.29, 1.82) is 0 Å². The van der Waals surface area contributed by atoms with Gasteiger partial charge in [0.15, 0.2) is 17.6 Å². The Morgan fingerprint density at radius 3 is 2.56 bits per heavy atom. The highest BCUT2D eigenvalue weighted by Crippen LogP contribution is 2.29. The van der Waals surface area contributed by atoms with E-state index in [1.807, 2.05) is 36.7 Å². The Bertz CT molecular complexity index is 1360. The first kappa shape index (κ1) is 23.7. The molecule has 0 saturated carbocycles. The lowest BCUT2D eigenvalue weighted by Gasteiger charge is -2.31. The van der Waals surface area contributed by atoms with Crippen LogP contribution in [-0.2, 0) is 6.42 Å². The summed E-state index contributed by atoms with van der Waals surface area (Å²) in [4.78, 5) is 15.6. The largest absolute Gasteiger partial charge is 0.624 e. The Kier molecular flexibility index (Phi) is 6.79. The first-order chi connectivity index (χ1) is 17.5. The van der Waals surface area contributed by atoms with Crippen molar-refractivity contribution < 1.29 is 18.3 Å². The average molecular weight is 490 g/mol. The fourth-order valence-corrected chi connectivity index (χ4v) is 4.32. The van der Waals surface area contributed by atoms with Crippen LogP contribution in [0.25, 0.3) is 22.6 Å². The van der Waals surface area contributed by atoms with E-state index in [2.05, 4.69) is 26.8 Å². The summed E-state index contributed by atoms with van der Waals surface area (Å²) in [5, 5.41) is 11.2. The first-order valence-electron chi connectivity index (χ1n) is 12.1. The van der Waals surface area contributed by atoms with E-state index < -0.39 is 5.82 Å². The maximum Gasteiger partial charge on any atom is 0.227 e. The molecule has 0 atom stereocenters. The summed E-state index contributed by atoms with van der Waals surface area (Å²) < 4.78 is 26.7. The lowest BCUT2D eigenvalue weighted by molar-refractivity contribution is -0.416. The number of nitrogens with zero attached hydrogens (tertiary/aromatic N) is 5. The van der Waals surface area contributed by atoms with Gasteiger partial charge in [-0.2, -0.15) is 0 Å². The molecule has 4 aromatic rings. The number of aryl methyl sites for hydroxylation is 1. The van der Waals surface area contributed by atoms with Crippen LogP contribution in [0.1, 0.15) is 30.9 Å². The van der Waals surface area contributed by atoms with E-state index in [1.165, 1.54) is 19.3 Å². The zero-order valence-corrected chi connectivity index (χ0v) is 20.4. The summed E-state index contributed by atoms with van der Waals surface area (Å²) in [6, 6.07) is 10.3. The van der Waals surface area contributed by atoms with Gasteiger partial charge in [0.1, 0.15) is 18.3 Å². The Morgan fingerprint density at radius 1 is 1.17 bits per heavy atom. The highest BCUT2D eigenvalue weighted by atomic mass is 19.1. The summed E-state index contributed by atoms with van der Waals surface area (Å²) in [5.74, 6) is 1.78. The Morgan fingerprint density at radius 2 is 1.89 bits per heavy atom. The topological polar surface area (TPSA) is 90.3 Å². The molecule has 36 heavy (non-hydrogen) atoms. The molecule has 1 aliphatic rings. The highest BCUT2D eigenvalue weighted by molar-refractivity contribution is 5.85. The Labute approximate surface area is 208 Å². The van der Waals surface area contributed by atoms with Gasteiger partial charge in [-0.15, -0.1) is 0 Å². The van der Waals surface area contributed by atoms with E-state index in [9.17, 15) is 9.60 Å². The number of hydroxylamine groups is 1. The first-order valence-corrected chi connectivity index (χ1v) is 12.1. The number of benzene rings is 2. The zero-order valence-electron chi connectivity index (χ0n) is 20.4. The molecule has 2 aromatic heterocycles. The fourth-order valence-electron chi connectivity index (χ4n) is 4.32. The summed E-state index contributed by atoms with van der Waals surface area (Å²) in [6.45, 7) is 4.57. The minimum atomic E-state index is -0.560. The molecule has 3 heterocycles. The van der Waals surface area contributed by atoms with Gasteiger partial charge >= 0.3 is 0 Å². The van der Waals surface area contributed by atoms with Crippen LogP contribution in [0.2, 0.25) is 0 Å². The third kappa shape index (κ3) is 5.30. The quantitative estimate of drug-likeness (QED) is 0.159.